The van der Waals surface area contributed by atoms with Gasteiger partial charge >= 0.3 is 0 Å². The summed E-state index contributed by atoms with van der Waals surface area (Å²) in [4.78, 5) is 35.2. The number of halogens is 1. The number of carbonyl (C=O) groups excluding carboxylic acids is 2. The zero-order chi connectivity index (χ0) is 20.5. The molecule has 4 heterocycles. The van der Waals surface area contributed by atoms with Crippen LogP contribution in [-0.2, 0) is 6.54 Å². The van der Waals surface area contributed by atoms with Crippen LogP contribution >= 0.6 is 11.6 Å². The molecule has 0 aromatic carbocycles. The minimum atomic E-state index is -0.147. The van der Waals surface area contributed by atoms with E-state index in [9.17, 15) is 9.59 Å². The van der Waals surface area contributed by atoms with Gasteiger partial charge in [-0.05, 0) is 24.3 Å². The molecule has 9 heteroatoms. The van der Waals surface area contributed by atoms with Crippen LogP contribution in [0.25, 0.3) is 5.65 Å². The topological polar surface area (TPSA) is 74.3 Å². The highest BCUT2D eigenvalue weighted by atomic mass is 35.5. The van der Waals surface area contributed by atoms with Gasteiger partial charge < -0.3 is 18.6 Å². The largest absolute Gasteiger partial charge is 0.459 e. The molecule has 4 rings (SSSR count). The van der Waals surface area contributed by atoms with Gasteiger partial charge in [-0.15, -0.1) is 0 Å². The van der Waals surface area contributed by atoms with Gasteiger partial charge in [0.2, 0.25) is 0 Å². The lowest BCUT2D eigenvalue weighted by molar-refractivity contribution is 0.0595. The number of carbonyl (C=O) groups is 2. The average molecular weight is 416 g/mol. The van der Waals surface area contributed by atoms with Gasteiger partial charge in [0.25, 0.3) is 11.8 Å². The SMILES string of the molecule is CN(C)C(=O)c1nc2ccc(Cl)cn2c1CN1CCN(C(=O)c2ccco2)CC1. The van der Waals surface area contributed by atoms with Gasteiger partial charge in [-0.1, -0.05) is 11.6 Å². The molecule has 2 amide bonds. The summed E-state index contributed by atoms with van der Waals surface area (Å²) in [6.45, 7) is 3.10. The molecule has 1 saturated heterocycles. The molecule has 1 fully saturated rings. The summed E-state index contributed by atoms with van der Waals surface area (Å²) in [5, 5.41) is 0.578. The zero-order valence-electron chi connectivity index (χ0n) is 16.3. The maximum atomic E-state index is 12.7. The van der Waals surface area contributed by atoms with Crippen molar-refractivity contribution in [2.75, 3.05) is 40.3 Å². The molecule has 1 aliphatic heterocycles. The standard InChI is InChI=1S/C20H22ClN5O3/c1-23(2)20(28)18-15(26-12-14(21)5-6-17(26)22-18)13-24-7-9-25(10-8-24)19(27)16-4-3-11-29-16/h3-6,11-12H,7-10,13H2,1-2H3. The summed E-state index contributed by atoms with van der Waals surface area (Å²) >= 11 is 6.18. The van der Waals surface area contributed by atoms with Crippen molar-refractivity contribution in [2.45, 2.75) is 6.54 Å². The van der Waals surface area contributed by atoms with E-state index < -0.39 is 0 Å². The Balaban J connectivity index is 1.53. The van der Waals surface area contributed by atoms with Gasteiger partial charge in [0, 0.05) is 53.0 Å². The van der Waals surface area contributed by atoms with Crippen LogP contribution in [-0.4, -0.2) is 76.2 Å². The van der Waals surface area contributed by atoms with Crippen molar-refractivity contribution in [3.05, 3.63) is 58.9 Å². The Morgan fingerprint density at radius 2 is 1.93 bits per heavy atom. The highest BCUT2D eigenvalue weighted by molar-refractivity contribution is 6.30. The third-order valence-corrected chi connectivity index (χ3v) is 5.28. The fraction of sp³-hybridized carbons (Fsp3) is 0.350. The number of pyridine rings is 1. The van der Waals surface area contributed by atoms with Crippen LogP contribution in [0.4, 0.5) is 0 Å². The van der Waals surface area contributed by atoms with Crippen LogP contribution in [0.3, 0.4) is 0 Å². The maximum absolute atomic E-state index is 12.7. The summed E-state index contributed by atoms with van der Waals surface area (Å²) in [6.07, 6.45) is 3.28. The number of amides is 2. The first-order valence-corrected chi connectivity index (χ1v) is 9.75. The number of imidazole rings is 1. The zero-order valence-corrected chi connectivity index (χ0v) is 17.1. The summed E-state index contributed by atoms with van der Waals surface area (Å²) in [5.74, 6) is 0.111. The van der Waals surface area contributed by atoms with Crippen LogP contribution in [0.5, 0.6) is 0 Å². The minimum absolute atomic E-state index is 0.0975. The molecule has 3 aromatic rings. The molecule has 1 aliphatic rings. The molecule has 0 unspecified atom stereocenters. The van der Waals surface area contributed by atoms with Crippen molar-refractivity contribution >= 4 is 29.1 Å². The average Bonchev–Trinajstić information content (AvgIpc) is 3.36. The fourth-order valence-corrected chi connectivity index (χ4v) is 3.64. The molecule has 0 saturated carbocycles. The molecule has 0 aliphatic carbocycles. The van der Waals surface area contributed by atoms with Crippen LogP contribution in [0.2, 0.25) is 5.02 Å². The third-order valence-electron chi connectivity index (χ3n) is 5.05. The lowest BCUT2D eigenvalue weighted by atomic mass is 10.2. The van der Waals surface area contributed by atoms with Crippen molar-refractivity contribution in [2.24, 2.45) is 0 Å². The van der Waals surface area contributed by atoms with E-state index in [1.807, 2.05) is 4.40 Å². The highest BCUT2D eigenvalue weighted by Crippen LogP contribution is 2.20. The number of piperazine rings is 1. The second kappa shape index (κ2) is 7.88. The summed E-state index contributed by atoms with van der Waals surface area (Å²) in [5.41, 5.74) is 1.90. The van der Waals surface area contributed by atoms with Crippen LogP contribution in [0.15, 0.2) is 41.1 Å². The van der Waals surface area contributed by atoms with Gasteiger partial charge in [-0.3, -0.25) is 14.5 Å². The number of fused-ring (bicyclic) bond motifs is 1. The van der Waals surface area contributed by atoms with E-state index in [1.165, 1.54) is 11.2 Å². The molecule has 0 spiro atoms. The van der Waals surface area contributed by atoms with E-state index in [4.69, 9.17) is 16.0 Å². The van der Waals surface area contributed by atoms with Gasteiger partial charge in [0.1, 0.15) is 5.65 Å². The second-order valence-electron chi connectivity index (χ2n) is 7.23. The Morgan fingerprint density at radius 3 is 2.59 bits per heavy atom. The van der Waals surface area contributed by atoms with Crippen molar-refractivity contribution in [3.8, 4) is 0 Å². The van der Waals surface area contributed by atoms with Gasteiger partial charge in [-0.2, -0.15) is 0 Å². The van der Waals surface area contributed by atoms with Crippen molar-refractivity contribution in [3.63, 3.8) is 0 Å². The first kappa shape index (κ1) is 19.5. The predicted molar refractivity (Wildman–Crippen MR) is 108 cm³/mol. The third kappa shape index (κ3) is 3.86. The van der Waals surface area contributed by atoms with Crippen molar-refractivity contribution < 1.29 is 14.0 Å². The molecule has 29 heavy (non-hydrogen) atoms. The van der Waals surface area contributed by atoms with Gasteiger partial charge in [0.05, 0.1) is 17.0 Å². The van der Waals surface area contributed by atoms with Crippen LogP contribution in [0.1, 0.15) is 26.7 Å². The van der Waals surface area contributed by atoms with E-state index in [-0.39, 0.29) is 11.8 Å². The molecule has 3 aromatic heterocycles. The molecule has 0 N–H and O–H groups in total. The van der Waals surface area contributed by atoms with E-state index in [0.29, 0.717) is 54.8 Å². The number of nitrogens with zero attached hydrogens (tertiary/aromatic N) is 5. The molecule has 0 atom stereocenters. The highest BCUT2D eigenvalue weighted by Gasteiger charge is 2.27. The Labute approximate surface area is 173 Å². The fourth-order valence-electron chi connectivity index (χ4n) is 3.48. The number of hydrogen-bond donors (Lipinski definition) is 0. The normalized spacial score (nSPS) is 15.1. The molecule has 0 radical (unpaired) electrons. The minimum Gasteiger partial charge on any atom is -0.459 e. The molecular weight excluding hydrogens is 394 g/mol. The quantitative estimate of drug-likeness (QED) is 0.653. The van der Waals surface area contributed by atoms with E-state index in [0.717, 1.165) is 5.69 Å². The monoisotopic (exact) mass is 415 g/mol. The summed E-state index contributed by atoms with van der Waals surface area (Å²) in [6, 6.07) is 6.95. The predicted octanol–water partition coefficient (Wildman–Crippen LogP) is 2.24. The lowest BCUT2D eigenvalue weighted by Crippen LogP contribution is -2.48. The van der Waals surface area contributed by atoms with Gasteiger partial charge in [0.15, 0.2) is 11.5 Å². The summed E-state index contributed by atoms with van der Waals surface area (Å²) in [7, 11) is 3.42. The first-order valence-electron chi connectivity index (χ1n) is 9.37. The van der Waals surface area contributed by atoms with Crippen LogP contribution in [0, 0.1) is 0 Å². The smallest absolute Gasteiger partial charge is 0.289 e. The molecule has 8 nitrogen and oxygen atoms in total. The Hall–Kier alpha value is -2.84. The Morgan fingerprint density at radius 1 is 1.17 bits per heavy atom. The molecule has 152 valence electrons. The van der Waals surface area contributed by atoms with Crippen molar-refractivity contribution in [1.82, 2.24) is 24.1 Å². The number of furan rings is 1. The Kier molecular flexibility index (Phi) is 5.29. The number of rotatable bonds is 4. The Bertz CT molecular complexity index is 1040. The van der Waals surface area contributed by atoms with E-state index in [2.05, 4.69) is 9.88 Å². The van der Waals surface area contributed by atoms with E-state index >= 15 is 0 Å². The second-order valence-corrected chi connectivity index (χ2v) is 7.66. The van der Waals surface area contributed by atoms with Gasteiger partial charge in [-0.25, -0.2) is 4.98 Å². The lowest BCUT2D eigenvalue weighted by Gasteiger charge is -2.34. The number of hydrogen-bond acceptors (Lipinski definition) is 5. The maximum Gasteiger partial charge on any atom is 0.289 e. The van der Waals surface area contributed by atoms with E-state index in [1.54, 1.807) is 49.5 Å². The number of aromatic nitrogens is 2. The van der Waals surface area contributed by atoms with Crippen LogP contribution < -0.4 is 0 Å². The van der Waals surface area contributed by atoms with Crippen molar-refractivity contribution in [1.29, 1.82) is 0 Å². The summed E-state index contributed by atoms with van der Waals surface area (Å²) < 4.78 is 7.09. The molecule has 0 bridgehead atoms. The molecular formula is C20H22ClN5O3. The first-order chi connectivity index (χ1) is 13.9.